The molecule has 1 atom stereocenters. The van der Waals surface area contributed by atoms with Gasteiger partial charge in [-0.3, -0.25) is 4.90 Å². The van der Waals surface area contributed by atoms with E-state index in [4.69, 9.17) is 4.74 Å². The minimum Gasteiger partial charge on any atom is -0.390 e. The maximum atomic E-state index is 10.1. The first-order valence-electron chi connectivity index (χ1n) is 7.05. The first-order valence-corrected chi connectivity index (χ1v) is 7.84. The maximum absolute atomic E-state index is 10.1. The largest absolute Gasteiger partial charge is 0.390 e. The number of anilines is 1. The molecule has 1 aliphatic rings. The SMILES string of the molecule is Cc1cc(NCC(O)CN2CCOCC2)cc(C)c1Br. The van der Waals surface area contributed by atoms with Gasteiger partial charge in [0.2, 0.25) is 0 Å². The van der Waals surface area contributed by atoms with Crippen molar-refractivity contribution in [3.8, 4) is 0 Å². The predicted octanol–water partition coefficient (Wildman–Crippen LogP) is 2.17. The maximum Gasteiger partial charge on any atom is 0.0839 e. The molecule has 1 fully saturated rings. The van der Waals surface area contributed by atoms with Crippen molar-refractivity contribution in [2.24, 2.45) is 0 Å². The van der Waals surface area contributed by atoms with Gasteiger partial charge in [0.05, 0.1) is 19.3 Å². The first kappa shape index (κ1) is 15.8. The molecule has 2 N–H and O–H groups in total. The number of aliphatic hydroxyl groups excluding tert-OH is 1. The molecule has 0 spiro atoms. The Labute approximate surface area is 129 Å². The van der Waals surface area contributed by atoms with E-state index in [1.165, 1.54) is 11.1 Å². The zero-order valence-electron chi connectivity index (χ0n) is 12.2. The Morgan fingerprint density at radius 2 is 1.90 bits per heavy atom. The third-order valence-corrected chi connectivity index (χ3v) is 4.80. The predicted molar refractivity (Wildman–Crippen MR) is 85.4 cm³/mol. The van der Waals surface area contributed by atoms with E-state index in [2.05, 4.69) is 52.1 Å². The summed E-state index contributed by atoms with van der Waals surface area (Å²) in [6.45, 7) is 8.78. The van der Waals surface area contributed by atoms with E-state index in [0.717, 1.165) is 36.5 Å². The molecule has 1 aromatic carbocycles. The smallest absolute Gasteiger partial charge is 0.0839 e. The molecule has 1 aliphatic heterocycles. The van der Waals surface area contributed by atoms with Gasteiger partial charge in [-0.2, -0.15) is 0 Å². The number of morpholine rings is 1. The molecule has 0 bridgehead atoms. The molecule has 0 aliphatic carbocycles. The highest BCUT2D eigenvalue weighted by Gasteiger charge is 2.14. The molecule has 1 heterocycles. The normalized spacial score (nSPS) is 18.0. The van der Waals surface area contributed by atoms with Crippen molar-refractivity contribution in [3.05, 3.63) is 27.7 Å². The molecule has 0 amide bonds. The summed E-state index contributed by atoms with van der Waals surface area (Å²) in [6.07, 6.45) is -0.364. The summed E-state index contributed by atoms with van der Waals surface area (Å²) in [5, 5.41) is 13.4. The van der Waals surface area contributed by atoms with Crippen molar-refractivity contribution in [1.29, 1.82) is 0 Å². The zero-order chi connectivity index (χ0) is 14.5. The van der Waals surface area contributed by atoms with Crippen molar-refractivity contribution in [2.45, 2.75) is 20.0 Å². The fourth-order valence-electron chi connectivity index (χ4n) is 2.43. The Balaban J connectivity index is 1.82. The number of nitrogens with one attached hydrogen (secondary N) is 1. The molecule has 20 heavy (non-hydrogen) atoms. The highest BCUT2D eigenvalue weighted by molar-refractivity contribution is 9.10. The Hall–Kier alpha value is -0.620. The molecular formula is C15H23BrN2O2. The van der Waals surface area contributed by atoms with E-state index in [1.54, 1.807) is 0 Å². The standard InChI is InChI=1S/C15H23BrN2O2/c1-11-7-13(8-12(2)15(11)16)17-9-14(19)10-18-3-5-20-6-4-18/h7-8,14,17,19H,3-6,9-10H2,1-2H3. The molecule has 1 aromatic rings. The molecule has 5 heteroatoms. The fraction of sp³-hybridized carbons (Fsp3) is 0.600. The molecule has 0 radical (unpaired) electrons. The number of benzene rings is 1. The number of nitrogens with zero attached hydrogens (tertiary/aromatic N) is 1. The third-order valence-electron chi connectivity index (χ3n) is 3.55. The van der Waals surface area contributed by atoms with E-state index < -0.39 is 0 Å². The minimum absolute atomic E-state index is 0.364. The average molecular weight is 343 g/mol. The zero-order valence-corrected chi connectivity index (χ0v) is 13.7. The Bertz CT molecular complexity index is 424. The van der Waals surface area contributed by atoms with Crippen LogP contribution >= 0.6 is 15.9 Å². The van der Waals surface area contributed by atoms with Gasteiger partial charge < -0.3 is 15.2 Å². The van der Waals surface area contributed by atoms with Crippen LogP contribution in [-0.4, -0.2) is 55.5 Å². The summed E-state index contributed by atoms with van der Waals surface area (Å²) in [7, 11) is 0. The van der Waals surface area contributed by atoms with E-state index >= 15 is 0 Å². The van der Waals surface area contributed by atoms with Crippen LogP contribution < -0.4 is 5.32 Å². The number of hydrogen-bond acceptors (Lipinski definition) is 4. The van der Waals surface area contributed by atoms with Crippen LogP contribution in [0.1, 0.15) is 11.1 Å². The lowest BCUT2D eigenvalue weighted by Gasteiger charge is -2.28. The summed E-state index contributed by atoms with van der Waals surface area (Å²) < 4.78 is 6.45. The summed E-state index contributed by atoms with van der Waals surface area (Å²) in [6, 6.07) is 4.19. The van der Waals surface area contributed by atoms with Gasteiger partial charge in [0.1, 0.15) is 0 Å². The molecule has 112 valence electrons. The Morgan fingerprint density at radius 3 is 2.50 bits per heavy atom. The molecule has 2 rings (SSSR count). The monoisotopic (exact) mass is 342 g/mol. The van der Waals surface area contributed by atoms with Crippen LogP contribution in [0.15, 0.2) is 16.6 Å². The number of halogens is 1. The number of ether oxygens (including phenoxy) is 1. The van der Waals surface area contributed by atoms with Crippen LogP contribution in [0, 0.1) is 13.8 Å². The van der Waals surface area contributed by atoms with Crippen LogP contribution in [0.2, 0.25) is 0 Å². The second kappa shape index (κ2) is 7.41. The summed E-state index contributed by atoms with van der Waals surface area (Å²) in [5.74, 6) is 0. The summed E-state index contributed by atoms with van der Waals surface area (Å²) >= 11 is 3.56. The average Bonchev–Trinajstić information content (AvgIpc) is 2.43. The van der Waals surface area contributed by atoms with Gasteiger partial charge >= 0.3 is 0 Å². The molecule has 0 aromatic heterocycles. The quantitative estimate of drug-likeness (QED) is 0.860. The van der Waals surface area contributed by atoms with Gasteiger partial charge in [-0.05, 0) is 37.1 Å². The number of aliphatic hydroxyl groups is 1. The number of aryl methyl sites for hydroxylation is 2. The Kier molecular flexibility index (Phi) is 5.84. The fourth-order valence-corrected chi connectivity index (χ4v) is 2.66. The lowest BCUT2D eigenvalue weighted by atomic mass is 10.1. The van der Waals surface area contributed by atoms with Gasteiger partial charge in [0, 0.05) is 36.3 Å². The highest BCUT2D eigenvalue weighted by atomic mass is 79.9. The van der Waals surface area contributed by atoms with Gasteiger partial charge in [-0.15, -0.1) is 0 Å². The van der Waals surface area contributed by atoms with Gasteiger partial charge in [-0.1, -0.05) is 15.9 Å². The van der Waals surface area contributed by atoms with Crippen molar-refractivity contribution in [2.75, 3.05) is 44.7 Å². The topological polar surface area (TPSA) is 44.7 Å². The lowest BCUT2D eigenvalue weighted by molar-refractivity contribution is 0.0171. The van der Waals surface area contributed by atoms with Crippen LogP contribution in [0.5, 0.6) is 0 Å². The van der Waals surface area contributed by atoms with E-state index in [0.29, 0.717) is 13.1 Å². The van der Waals surface area contributed by atoms with Gasteiger partial charge in [0.15, 0.2) is 0 Å². The van der Waals surface area contributed by atoms with Crippen LogP contribution in [0.3, 0.4) is 0 Å². The van der Waals surface area contributed by atoms with Crippen LogP contribution in [0.4, 0.5) is 5.69 Å². The Morgan fingerprint density at radius 1 is 1.30 bits per heavy atom. The lowest BCUT2D eigenvalue weighted by Crippen LogP contribution is -2.42. The molecule has 1 saturated heterocycles. The van der Waals surface area contributed by atoms with Gasteiger partial charge in [-0.25, -0.2) is 0 Å². The molecule has 4 nitrogen and oxygen atoms in total. The minimum atomic E-state index is -0.364. The third kappa shape index (κ3) is 4.45. The van der Waals surface area contributed by atoms with Crippen LogP contribution in [0.25, 0.3) is 0 Å². The van der Waals surface area contributed by atoms with Crippen molar-refractivity contribution in [1.82, 2.24) is 4.90 Å². The van der Waals surface area contributed by atoms with Crippen molar-refractivity contribution in [3.63, 3.8) is 0 Å². The molecule has 1 unspecified atom stereocenters. The van der Waals surface area contributed by atoms with E-state index in [9.17, 15) is 5.11 Å². The number of β-amino-alcohol motifs (C(OH)–C–C–N with tert-alkyl or cyclic N) is 1. The second-order valence-corrected chi connectivity index (χ2v) is 6.16. The number of hydrogen-bond donors (Lipinski definition) is 2. The van der Waals surface area contributed by atoms with Crippen LogP contribution in [-0.2, 0) is 4.74 Å². The van der Waals surface area contributed by atoms with Crippen molar-refractivity contribution >= 4 is 21.6 Å². The number of rotatable bonds is 5. The summed E-state index contributed by atoms with van der Waals surface area (Å²) in [4.78, 5) is 2.24. The van der Waals surface area contributed by atoms with Crippen molar-refractivity contribution < 1.29 is 9.84 Å². The van der Waals surface area contributed by atoms with E-state index in [-0.39, 0.29) is 6.10 Å². The second-order valence-electron chi connectivity index (χ2n) is 5.37. The molecule has 0 saturated carbocycles. The van der Waals surface area contributed by atoms with E-state index in [1.807, 2.05) is 0 Å². The van der Waals surface area contributed by atoms with Gasteiger partial charge in [0.25, 0.3) is 0 Å². The highest BCUT2D eigenvalue weighted by Crippen LogP contribution is 2.24. The molecular weight excluding hydrogens is 320 g/mol. The summed E-state index contributed by atoms with van der Waals surface area (Å²) in [5.41, 5.74) is 3.47. The first-order chi connectivity index (χ1) is 9.56.